The van der Waals surface area contributed by atoms with E-state index in [1.807, 2.05) is 30.5 Å². The summed E-state index contributed by atoms with van der Waals surface area (Å²) < 4.78 is 0. The van der Waals surface area contributed by atoms with Crippen molar-refractivity contribution in [3.05, 3.63) is 84.4 Å². The molecule has 0 atom stereocenters. The molecule has 30 heavy (non-hydrogen) atoms. The molecule has 0 saturated carbocycles. The van der Waals surface area contributed by atoms with E-state index in [2.05, 4.69) is 58.1 Å². The van der Waals surface area contributed by atoms with Gasteiger partial charge in [-0.3, -0.25) is 4.98 Å². The van der Waals surface area contributed by atoms with Gasteiger partial charge in [0.25, 0.3) is 0 Å². The zero-order valence-corrected chi connectivity index (χ0v) is 16.9. The SMILES string of the molecule is c1ccc(-c2cccc3nc(C4CCNCC4)nc(NCc4ccccn4)c23)cc1. The molecule has 5 heteroatoms. The fraction of sp³-hybridized carbons (Fsp3) is 0.240. The van der Waals surface area contributed by atoms with Gasteiger partial charge in [-0.25, -0.2) is 9.97 Å². The van der Waals surface area contributed by atoms with Crippen molar-refractivity contribution in [3.63, 3.8) is 0 Å². The monoisotopic (exact) mass is 395 g/mol. The number of aromatic nitrogens is 3. The van der Waals surface area contributed by atoms with Gasteiger partial charge in [-0.2, -0.15) is 0 Å². The molecule has 2 N–H and O–H groups in total. The number of hydrogen-bond donors (Lipinski definition) is 2. The molecule has 1 aliphatic heterocycles. The summed E-state index contributed by atoms with van der Waals surface area (Å²) in [6.07, 6.45) is 3.97. The highest BCUT2D eigenvalue weighted by Gasteiger charge is 2.21. The molecule has 0 amide bonds. The molecule has 2 aromatic heterocycles. The van der Waals surface area contributed by atoms with Gasteiger partial charge in [0.05, 0.1) is 23.1 Å². The molecule has 150 valence electrons. The number of nitrogens with one attached hydrogen (secondary N) is 2. The number of rotatable bonds is 5. The number of fused-ring (bicyclic) bond motifs is 1. The van der Waals surface area contributed by atoms with Crippen LogP contribution in [0.3, 0.4) is 0 Å². The first-order valence-corrected chi connectivity index (χ1v) is 10.6. The molecule has 1 saturated heterocycles. The van der Waals surface area contributed by atoms with E-state index in [4.69, 9.17) is 9.97 Å². The fourth-order valence-corrected chi connectivity index (χ4v) is 4.13. The highest BCUT2D eigenvalue weighted by atomic mass is 15.0. The second-order valence-corrected chi connectivity index (χ2v) is 7.70. The largest absolute Gasteiger partial charge is 0.364 e. The first-order chi connectivity index (χ1) is 14.9. The van der Waals surface area contributed by atoms with E-state index in [9.17, 15) is 0 Å². The summed E-state index contributed by atoms with van der Waals surface area (Å²) >= 11 is 0. The molecule has 0 aliphatic carbocycles. The number of piperidine rings is 1. The minimum Gasteiger partial charge on any atom is -0.364 e. The van der Waals surface area contributed by atoms with Crippen LogP contribution in [0, 0.1) is 0 Å². The average molecular weight is 396 g/mol. The molecule has 0 unspecified atom stereocenters. The van der Waals surface area contributed by atoms with Crippen molar-refractivity contribution >= 4 is 16.7 Å². The average Bonchev–Trinajstić information content (AvgIpc) is 2.83. The maximum atomic E-state index is 5.05. The second-order valence-electron chi connectivity index (χ2n) is 7.70. The van der Waals surface area contributed by atoms with Crippen LogP contribution in [0.15, 0.2) is 72.9 Å². The van der Waals surface area contributed by atoms with Gasteiger partial charge in [0.15, 0.2) is 0 Å². The highest BCUT2D eigenvalue weighted by Crippen LogP contribution is 2.34. The van der Waals surface area contributed by atoms with E-state index < -0.39 is 0 Å². The van der Waals surface area contributed by atoms with Gasteiger partial charge in [-0.15, -0.1) is 0 Å². The first-order valence-electron chi connectivity index (χ1n) is 10.6. The van der Waals surface area contributed by atoms with Gasteiger partial charge in [0, 0.05) is 12.1 Å². The van der Waals surface area contributed by atoms with Crippen LogP contribution in [0.25, 0.3) is 22.0 Å². The van der Waals surface area contributed by atoms with Crippen molar-refractivity contribution in [2.24, 2.45) is 0 Å². The van der Waals surface area contributed by atoms with Crippen LogP contribution in [0.4, 0.5) is 5.82 Å². The zero-order chi connectivity index (χ0) is 20.2. The minimum absolute atomic E-state index is 0.395. The smallest absolute Gasteiger partial charge is 0.138 e. The second kappa shape index (κ2) is 8.59. The molecule has 1 aliphatic rings. The number of benzene rings is 2. The van der Waals surface area contributed by atoms with Crippen LogP contribution >= 0.6 is 0 Å². The summed E-state index contributed by atoms with van der Waals surface area (Å²) in [6, 6.07) is 22.8. The van der Waals surface area contributed by atoms with Crippen molar-refractivity contribution in [1.29, 1.82) is 0 Å². The summed E-state index contributed by atoms with van der Waals surface area (Å²) in [5.74, 6) is 2.22. The van der Waals surface area contributed by atoms with Crippen LogP contribution in [-0.4, -0.2) is 28.0 Å². The Morgan fingerprint density at radius 2 is 1.70 bits per heavy atom. The predicted octanol–water partition coefficient (Wildman–Crippen LogP) is 4.77. The number of hydrogen-bond acceptors (Lipinski definition) is 5. The molecule has 4 aromatic rings. The third-order valence-electron chi connectivity index (χ3n) is 5.69. The maximum absolute atomic E-state index is 5.05. The van der Waals surface area contributed by atoms with Gasteiger partial charge in [-0.05, 0) is 55.3 Å². The van der Waals surface area contributed by atoms with E-state index >= 15 is 0 Å². The van der Waals surface area contributed by atoms with Crippen LogP contribution in [0.1, 0.15) is 30.3 Å². The van der Waals surface area contributed by atoms with Gasteiger partial charge >= 0.3 is 0 Å². The Morgan fingerprint density at radius 3 is 2.50 bits per heavy atom. The molecule has 5 rings (SSSR count). The Balaban J connectivity index is 1.62. The Labute approximate surface area is 176 Å². The van der Waals surface area contributed by atoms with Crippen molar-refractivity contribution in [3.8, 4) is 11.1 Å². The number of pyridine rings is 1. The molecular weight excluding hydrogens is 370 g/mol. The van der Waals surface area contributed by atoms with Crippen molar-refractivity contribution in [2.45, 2.75) is 25.3 Å². The normalized spacial score (nSPS) is 14.7. The van der Waals surface area contributed by atoms with Crippen LogP contribution < -0.4 is 10.6 Å². The van der Waals surface area contributed by atoms with Crippen LogP contribution in [0.5, 0.6) is 0 Å². The van der Waals surface area contributed by atoms with Gasteiger partial charge < -0.3 is 10.6 Å². The van der Waals surface area contributed by atoms with Crippen molar-refractivity contribution in [1.82, 2.24) is 20.3 Å². The molecule has 5 nitrogen and oxygen atoms in total. The van der Waals surface area contributed by atoms with Gasteiger partial charge in [0.2, 0.25) is 0 Å². The van der Waals surface area contributed by atoms with Gasteiger partial charge in [-0.1, -0.05) is 48.5 Å². The lowest BCUT2D eigenvalue weighted by atomic mass is 9.96. The number of nitrogens with zero attached hydrogens (tertiary/aromatic N) is 3. The third kappa shape index (κ3) is 3.89. The van der Waals surface area contributed by atoms with Crippen LogP contribution in [-0.2, 0) is 6.54 Å². The third-order valence-corrected chi connectivity index (χ3v) is 5.69. The topological polar surface area (TPSA) is 62.7 Å². The summed E-state index contributed by atoms with van der Waals surface area (Å²) in [5, 5.41) is 8.07. The lowest BCUT2D eigenvalue weighted by Gasteiger charge is -2.23. The lowest BCUT2D eigenvalue weighted by Crippen LogP contribution is -2.27. The van der Waals surface area contributed by atoms with E-state index in [0.717, 1.165) is 59.7 Å². The van der Waals surface area contributed by atoms with E-state index in [0.29, 0.717) is 12.5 Å². The molecule has 0 radical (unpaired) electrons. The molecule has 2 aromatic carbocycles. The standard InChI is InChI=1S/C25H25N5/c1-2-7-18(8-3-1)21-10-6-11-22-23(21)25(28-17-20-9-4-5-14-27-20)30-24(29-22)19-12-15-26-16-13-19/h1-11,14,19,26H,12-13,15-17H2,(H,28,29,30). The molecule has 0 bridgehead atoms. The predicted molar refractivity (Wildman–Crippen MR) is 121 cm³/mol. The Hall–Kier alpha value is -3.31. The van der Waals surface area contributed by atoms with Crippen molar-refractivity contribution < 1.29 is 0 Å². The molecule has 3 heterocycles. The van der Waals surface area contributed by atoms with E-state index in [-0.39, 0.29) is 0 Å². The first kappa shape index (κ1) is 18.7. The fourth-order valence-electron chi connectivity index (χ4n) is 4.13. The van der Waals surface area contributed by atoms with Crippen LogP contribution in [0.2, 0.25) is 0 Å². The number of anilines is 1. The quantitative estimate of drug-likeness (QED) is 0.510. The lowest BCUT2D eigenvalue weighted by molar-refractivity contribution is 0.446. The molecule has 0 spiro atoms. The Bertz CT molecular complexity index is 1120. The summed E-state index contributed by atoms with van der Waals surface area (Å²) in [6.45, 7) is 2.67. The molecule has 1 fully saturated rings. The summed E-state index contributed by atoms with van der Waals surface area (Å²) in [5.41, 5.74) is 4.30. The zero-order valence-electron chi connectivity index (χ0n) is 16.9. The maximum Gasteiger partial charge on any atom is 0.138 e. The Morgan fingerprint density at radius 1 is 0.867 bits per heavy atom. The molecular formula is C25H25N5. The minimum atomic E-state index is 0.395. The summed E-state index contributed by atoms with van der Waals surface area (Å²) in [7, 11) is 0. The van der Waals surface area contributed by atoms with E-state index in [1.54, 1.807) is 0 Å². The van der Waals surface area contributed by atoms with E-state index in [1.165, 1.54) is 5.56 Å². The van der Waals surface area contributed by atoms with Crippen molar-refractivity contribution in [2.75, 3.05) is 18.4 Å². The highest BCUT2D eigenvalue weighted by molar-refractivity contribution is 6.01. The Kier molecular flexibility index (Phi) is 5.36. The van der Waals surface area contributed by atoms with Gasteiger partial charge in [0.1, 0.15) is 11.6 Å². The summed E-state index contributed by atoms with van der Waals surface area (Å²) in [4.78, 5) is 14.5.